The molecular weight excluding hydrogens is 196 g/mol. The molecule has 0 aliphatic heterocycles. The van der Waals surface area contributed by atoms with Gasteiger partial charge in [0.1, 0.15) is 0 Å². The zero-order valence-corrected chi connectivity index (χ0v) is 10.9. The molecule has 0 aromatic heterocycles. The Labute approximate surface area is 99.8 Å². The second-order valence-corrected chi connectivity index (χ2v) is 3.72. The third-order valence-electron chi connectivity index (χ3n) is 2.43. The second kappa shape index (κ2) is 8.98. The van der Waals surface area contributed by atoms with Gasteiger partial charge in [0, 0.05) is 11.9 Å². The first-order valence-corrected chi connectivity index (χ1v) is 5.68. The van der Waals surface area contributed by atoms with Crippen molar-refractivity contribution in [1.82, 2.24) is 10.6 Å². The SMILES string of the molecule is C=C/C=C(\C)N/C=C(CCNC)\C(C)=C\C. The third kappa shape index (κ3) is 6.25. The minimum atomic E-state index is 0.989. The summed E-state index contributed by atoms with van der Waals surface area (Å²) >= 11 is 0. The van der Waals surface area contributed by atoms with Gasteiger partial charge in [0.05, 0.1) is 0 Å². The standard InChI is InChI=1S/C14H24N2/c1-6-8-13(4)16-11-14(9-10-15-5)12(3)7-2/h6-8,11,15-16H,1,9-10H2,2-5H3/b12-7+,13-8+,14-11-. The fraction of sp³-hybridized carbons (Fsp3) is 0.429. The molecule has 2 N–H and O–H groups in total. The maximum absolute atomic E-state index is 3.67. The third-order valence-corrected chi connectivity index (χ3v) is 2.43. The first-order valence-electron chi connectivity index (χ1n) is 5.68. The lowest BCUT2D eigenvalue weighted by atomic mass is 10.1. The lowest BCUT2D eigenvalue weighted by molar-refractivity contribution is 0.783. The molecule has 0 saturated carbocycles. The number of rotatable bonds is 7. The monoisotopic (exact) mass is 220 g/mol. The van der Waals surface area contributed by atoms with E-state index in [1.807, 2.05) is 20.0 Å². The van der Waals surface area contributed by atoms with E-state index in [0.717, 1.165) is 18.7 Å². The summed E-state index contributed by atoms with van der Waals surface area (Å²) in [6.07, 6.45) is 8.97. The van der Waals surface area contributed by atoms with Gasteiger partial charge in [-0.2, -0.15) is 0 Å². The summed E-state index contributed by atoms with van der Waals surface area (Å²) in [5, 5.41) is 6.43. The molecule has 0 aliphatic carbocycles. The molecule has 0 fully saturated rings. The summed E-state index contributed by atoms with van der Waals surface area (Å²) in [6, 6.07) is 0. The van der Waals surface area contributed by atoms with Crippen LogP contribution >= 0.6 is 0 Å². The summed E-state index contributed by atoms with van der Waals surface area (Å²) in [4.78, 5) is 0. The van der Waals surface area contributed by atoms with Crippen molar-refractivity contribution in [1.29, 1.82) is 0 Å². The van der Waals surface area contributed by atoms with E-state index in [0.29, 0.717) is 0 Å². The maximum Gasteiger partial charge on any atom is 0.0114 e. The molecule has 0 bridgehead atoms. The van der Waals surface area contributed by atoms with E-state index < -0.39 is 0 Å². The van der Waals surface area contributed by atoms with Gasteiger partial charge >= 0.3 is 0 Å². The molecule has 0 aromatic carbocycles. The average molecular weight is 220 g/mol. The van der Waals surface area contributed by atoms with Gasteiger partial charge in [-0.3, -0.25) is 0 Å². The van der Waals surface area contributed by atoms with Crippen LogP contribution in [-0.4, -0.2) is 13.6 Å². The Morgan fingerprint density at radius 2 is 2.00 bits per heavy atom. The molecule has 0 heterocycles. The van der Waals surface area contributed by atoms with Crippen molar-refractivity contribution < 1.29 is 0 Å². The van der Waals surface area contributed by atoms with E-state index in [1.165, 1.54) is 11.1 Å². The van der Waals surface area contributed by atoms with E-state index in [9.17, 15) is 0 Å². The van der Waals surface area contributed by atoms with Crippen LogP contribution in [0.3, 0.4) is 0 Å². The Bertz CT molecular complexity index is 296. The van der Waals surface area contributed by atoms with Crippen LogP contribution in [0.4, 0.5) is 0 Å². The molecule has 16 heavy (non-hydrogen) atoms. The molecule has 90 valence electrons. The molecule has 2 nitrogen and oxygen atoms in total. The lowest BCUT2D eigenvalue weighted by Crippen LogP contribution is -2.11. The molecule has 0 radical (unpaired) electrons. The maximum atomic E-state index is 3.67. The zero-order valence-electron chi connectivity index (χ0n) is 10.9. The van der Waals surface area contributed by atoms with Gasteiger partial charge in [0.25, 0.3) is 0 Å². The Morgan fingerprint density at radius 3 is 2.50 bits per heavy atom. The smallest absolute Gasteiger partial charge is 0.0114 e. The first-order chi connectivity index (χ1) is 7.65. The summed E-state index contributed by atoms with van der Waals surface area (Å²) in [5.41, 5.74) is 3.74. The number of hydrogen-bond acceptors (Lipinski definition) is 2. The minimum absolute atomic E-state index is 0.989. The largest absolute Gasteiger partial charge is 0.365 e. The highest BCUT2D eigenvalue weighted by atomic mass is 14.8. The molecule has 0 saturated heterocycles. The van der Waals surface area contributed by atoms with Crippen LogP contribution < -0.4 is 10.6 Å². The number of hydrogen-bond donors (Lipinski definition) is 2. The highest BCUT2D eigenvalue weighted by Gasteiger charge is 1.98. The molecule has 0 aromatic rings. The second-order valence-electron chi connectivity index (χ2n) is 3.72. The Hall–Kier alpha value is -1.28. The summed E-state index contributed by atoms with van der Waals surface area (Å²) in [6.45, 7) is 10.9. The molecule has 0 spiro atoms. The van der Waals surface area contributed by atoms with Gasteiger partial charge in [-0.1, -0.05) is 24.3 Å². The Balaban J connectivity index is 4.56. The van der Waals surface area contributed by atoms with Crippen molar-refractivity contribution in [2.75, 3.05) is 13.6 Å². The van der Waals surface area contributed by atoms with Crippen molar-refractivity contribution in [3.8, 4) is 0 Å². The van der Waals surface area contributed by atoms with Crippen LogP contribution in [0.1, 0.15) is 27.2 Å². The van der Waals surface area contributed by atoms with Crippen LogP contribution in [0.2, 0.25) is 0 Å². The van der Waals surface area contributed by atoms with Gasteiger partial charge in [-0.05, 0) is 52.4 Å². The zero-order chi connectivity index (χ0) is 12.4. The normalized spacial score (nSPS) is 13.9. The molecular formula is C14H24N2. The van der Waals surface area contributed by atoms with Crippen LogP contribution in [-0.2, 0) is 0 Å². The van der Waals surface area contributed by atoms with Gasteiger partial charge in [-0.15, -0.1) is 0 Å². The van der Waals surface area contributed by atoms with Crippen molar-refractivity contribution in [2.45, 2.75) is 27.2 Å². The average Bonchev–Trinajstić information content (AvgIpc) is 2.28. The highest BCUT2D eigenvalue weighted by Crippen LogP contribution is 2.12. The van der Waals surface area contributed by atoms with Gasteiger partial charge in [0.15, 0.2) is 0 Å². The van der Waals surface area contributed by atoms with Crippen molar-refractivity contribution in [3.05, 3.63) is 47.9 Å². The van der Waals surface area contributed by atoms with Crippen molar-refractivity contribution in [3.63, 3.8) is 0 Å². The first kappa shape index (κ1) is 14.7. The molecule has 0 unspecified atom stereocenters. The summed E-state index contributed by atoms with van der Waals surface area (Å²) < 4.78 is 0. The van der Waals surface area contributed by atoms with Gasteiger partial charge in [-0.25, -0.2) is 0 Å². The van der Waals surface area contributed by atoms with Crippen LogP contribution in [0.25, 0.3) is 0 Å². The molecule has 0 amide bonds. The number of nitrogens with one attached hydrogen (secondary N) is 2. The Morgan fingerprint density at radius 1 is 1.31 bits per heavy atom. The summed E-state index contributed by atoms with van der Waals surface area (Å²) in [5.74, 6) is 0. The minimum Gasteiger partial charge on any atom is -0.365 e. The topological polar surface area (TPSA) is 24.1 Å². The molecule has 0 atom stereocenters. The van der Waals surface area contributed by atoms with Crippen LogP contribution in [0.5, 0.6) is 0 Å². The van der Waals surface area contributed by atoms with Crippen molar-refractivity contribution in [2.24, 2.45) is 0 Å². The molecule has 0 aliphatic rings. The fourth-order valence-corrected chi connectivity index (χ4v) is 1.25. The summed E-state index contributed by atoms with van der Waals surface area (Å²) in [7, 11) is 1.97. The molecule has 0 rings (SSSR count). The van der Waals surface area contributed by atoms with Crippen LogP contribution in [0.15, 0.2) is 47.9 Å². The quantitative estimate of drug-likeness (QED) is 0.644. The Kier molecular flexibility index (Phi) is 8.26. The van der Waals surface area contributed by atoms with E-state index in [1.54, 1.807) is 6.08 Å². The predicted octanol–water partition coefficient (Wildman–Crippen LogP) is 3.13. The van der Waals surface area contributed by atoms with Gasteiger partial charge < -0.3 is 10.6 Å². The lowest BCUT2D eigenvalue weighted by Gasteiger charge is -2.09. The fourth-order valence-electron chi connectivity index (χ4n) is 1.25. The predicted molar refractivity (Wildman–Crippen MR) is 73.1 cm³/mol. The van der Waals surface area contributed by atoms with E-state index in [2.05, 4.69) is 43.3 Å². The van der Waals surface area contributed by atoms with E-state index >= 15 is 0 Å². The number of allylic oxidation sites excluding steroid dienone is 5. The van der Waals surface area contributed by atoms with Crippen LogP contribution in [0, 0.1) is 0 Å². The van der Waals surface area contributed by atoms with Gasteiger partial charge in [0.2, 0.25) is 0 Å². The van der Waals surface area contributed by atoms with Crippen molar-refractivity contribution >= 4 is 0 Å². The highest BCUT2D eigenvalue weighted by molar-refractivity contribution is 5.29. The molecule has 2 heteroatoms. The van der Waals surface area contributed by atoms with E-state index in [4.69, 9.17) is 0 Å². The van der Waals surface area contributed by atoms with E-state index in [-0.39, 0.29) is 0 Å².